The van der Waals surface area contributed by atoms with Crippen LogP contribution in [0.4, 0.5) is 8.78 Å². The number of hydrogen-bond donors (Lipinski definition) is 0. The van der Waals surface area contributed by atoms with E-state index in [0.29, 0.717) is 32.7 Å². The zero-order chi connectivity index (χ0) is 17.3. The number of halogens is 3. The van der Waals surface area contributed by atoms with Gasteiger partial charge in [0.25, 0.3) is 5.91 Å². The highest BCUT2D eigenvalue weighted by Gasteiger charge is 2.25. The maximum atomic E-state index is 13.4. The normalized spacial score (nSPS) is 15.8. The third kappa shape index (κ3) is 3.57. The van der Waals surface area contributed by atoms with Crippen molar-refractivity contribution >= 4 is 17.5 Å². The summed E-state index contributed by atoms with van der Waals surface area (Å²) in [5.74, 6) is -1.77. The number of carbonyl (C=O) groups is 1. The minimum absolute atomic E-state index is 0.0186. The Morgan fingerprint density at radius 3 is 2.50 bits per heavy atom. The van der Waals surface area contributed by atoms with Gasteiger partial charge in [-0.3, -0.25) is 9.69 Å². The molecule has 8 heteroatoms. The number of aromatic nitrogens is 1. The molecule has 1 amide bonds. The minimum Gasteiger partial charge on any atom is -0.360 e. The highest BCUT2D eigenvalue weighted by molar-refractivity contribution is 6.33. The Morgan fingerprint density at radius 2 is 1.88 bits per heavy atom. The van der Waals surface area contributed by atoms with Crippen LogP contribution in [0, 0.1) is 18.6 Å². The molecule has 2 heterocycles. The fourth-order valence-corrected chi connectivity index (χ4v) is 2.91. The van der Waals surface area contributed by atoms with E-state index in [1.54, 1.807) is 4.90 Å². The Hall–Kier alpha value is -1.99. The highest BCUT2D eigenvalue weighted by atomic mass is 35.5. The van der Waals surface area contributed by atoms with Crippen molar-refractivity contribution in [1.82, 2.24) is 15.0 Å². The zero-order valence-corrected chi connectivity index (χ0v) is 13.8. The van der Waals surface area contributed by atoms with Crippen LogP contribution < -0.4 is 0 Å². The molecule has 0 spiro atoms. The molecule has 1 aliphatic rings. The smallest absolute Gasteiger partial charge is 0.255 e. The van der Waals surface area contributed by atoms with Crippen molar-refractivity contribution in [2.45, 2.75) is 13.5 Å². The fraction of sp³-hybridized carbons (Fsp3) is 0.375. The standard InChI is InChI=1S/C16H16ClF2N3O2/c1-10-6-11(24-20-10)9-21-2-4-22(5-3-21)16(23)12-7-14(18)15(19)8-13(12)17/h6-8H,2-5,9H2,1H3. The van der Waals surface area contributed by atoms with Gasteiger partial charge in [0.1, 0.15) is 0 Å². The molecule has 5 nitrogen and oxygen atoms in total. The van der Waals surface area contributed by atoms with Crippen LogP contribution in [0.5, 0.6) is 0 Å². The van der Waals surface area contributed by atoms with Crippen LogP contribution in [0.15, 0.2) is 22.7 Å². The Balaban J connectivity index is 1.62. The molecule has 0 saturated carbocycles. The quantitative estimate of drug-likeness (QED) is 0.794. The summed E-state index contributed by atoms with van der Waals surface area (Å²) in [6.45, 7) is 4.71. The van der Waals surface area contributed by atoms with Gasteiger partial charge in [0.2, 0.25) is 0 Å². The van der Waals surface area contributed by atoms with E-state index in [4.69, 9.17) is 16.1 Å². The van der Waals surface area contributed by atoms with Crippen molar-refractivity contribution < 1.29 is 18.1 Å². The molecule has 0 aliphatic carbocycles. The van der Waals surface area contributed by atoms with Gasteiger partial charge in [-0.25, -0.2) is 8.78 Å². The first-order valence-corrected chi connectivity index (χ1v) is 7.90. The first-order chi connectivity index (χ1) is 11.4. The molecule has 1 aromatic carbocycles. The maximum Gasteiger partial charge on any atom is 0.255 e. The number of benzene rings is 1. The summed E-state index contributed by atoms with van der Waals surface area (Å²) in [4.78, 5) is 16.2. The Kier molecular flexibility index (Phi) is 4.82. The molecule has 0 unspecified atom stereocenters. The summed E-state index contributed by atoms with van der Waals surface area (Å²) in [5.41, 5.74) is 0.807. The van der Waals surface area contributed by atoms with Crippen molar-refractivity contribution in [2.24, 2.45) is 0 Å². The second kappa shape index (κ2) is 6.86. The predicted octanol–water partition coefficient (Wildman–Crippen LogP) is 2.87. The van der Waals surface area contributed by atoms with Crippen LogP contribution in [0.25, 0.3) is 0 Å². The lowest BCUT2D eigenvalue weighted by atomic mass is 10.1. The van der Waals surface area contributed by atoms with Crippen LogP contribution in [-0.2, 0) is 6.54 Å². The van der Waals surface area contributed by atoms with E-state index in [9.17, 15) is 13.6 Å². The fourth-order valence-electron chi connectivity index (χ4n) is 2.68. The third-order valence-electron chi connectivity index (χ3n) is 3.96. The van der Waals surface area contributed by atoms with E-state index < -0.39 is 17.5 Å². The Morgan fingerprint density at radius 1 is 1.21 bits per heavy atom. The van der Waals surface area contributed by atoms with E-state index in [-0.39, 0.29) is 10.6 Å². The van der Waals surface area contributed by atoms with E-state index >= 15 is 0 Å². The van der Waals surface area contributed by atoms with Gasteiger partial charge in [-0.05, 0) is 19.1 Å². The molecule has 3 rings (SSSR count). The van der Waals surface area contributed by atoms with Gasteiger partial charge in [0, 0.05) is 32.2 Å². The summed E-state index contributed by atoms with van der Waals surface area (Å²) in [6.07, 6.45) is 0. The minimum atomic E-state index is -1.08. The van der Waals surface area contributed by atoms with Gasteiger partial charge in [-0.2, -0.15) is 0 Å². The van der Waals surface area contributed by atoms with Crippen molar-refractivity contribution in [1.29, 1.82) is 0 Å². The van der Waals surface area contributed by atoms with Crippen molar-refractivity contribution in [2.75, 3.05) is 26.2 Å². The van der Waals surface area contributed by atoms with Crippen molar-refractivity contribution in [3.63, 3.8) is 0 Å². The van der Waals surface area contributed by atoms with Gasteiger partial charge in [-0.15, -0.1) is 0 Å². The number of rotatable bonds is 3. The van der Waals surface area contributed by atoms with Crippen LogP contribution in [0.1, 0.15) is 21.8 Å². The summed E-state index contributed by atoms with van der Waals surface area (Å²) < 4.78 is 31.7. The predicted molar refractivity (Wildman–Crippen MR) is 83.8 cm³/mol. The van der Waals surface area contributed by atoms with Gasteiger partial charge < -0.3 is 9.42 Å². The molecule has 0 N–H and O–H groups in total. The van der Waals surface area contributed by atoms with Gasteiger partial charge in [0.15, 0.2) is 17.4 Å². The van der Waals surface area contributed by atoms with E-state index in [1.807, 2.05) is 13.0 Å². The number of nitrogens with zero attached hydrogens (tertiary/aromatic N) is 3. The lowest BCUT2D eigenvalue weighted by Gasteiger charge is -2.34. The molecule has 128 valence electrons. The highest BCUT2D eigenvalue weighted by Crippen LogP contribution is 2.22. The molecular weight excluding hydrogens is 340 g/mol. The molecule has 24 heavy (non-hydrogen) atoms. The molecule has 1 fully saturated rings. The van der Waals surface area contributed by atoms with E-state index in [2.05, 4.69) is 10.1 Å². The maximum absolute atomic E-state index is 13.4. The molecule has 0 radical (unpaired) electrons. The molecule has 1 aliphatic heterocycles. The van der Waals surface area contributed by atoms with Crippen molar-refractivity contribution in [3.05, 3.63) is 51.9 Å². The van der Waals surface area contributed by atoms with Gasteiger partial charge >= 0.3 is 0 Å². The largest absolute Gasteiger partial charge is 0.360 e. The number of hydrogen-bond acceptors (Lipinski definition) is 4. The number of amides is 1. The van der Waals surface area contributed by atoms with Crippen LogP contribution in [0.3, 0.4) is 0 Å². The van der Waals surface area contributed by atoms with E-state index in [0.717, 1.165) is 23.6 Å². The monoisotopic (exact) mass is 355 g/mol. The second-order valence-electron chi connectivity index (χ2n) is 5.75. The molecule has 1 saturated heterocycles. The number of aryl methyl sites for hydroxylation is 1. The summed E-state index contributed by atoms with van der Waals surface area (Å²) in [6, 6.07) is 3.55. The summed E-state index contributed by atoms with van der Waals surface area (Å²) in [7, 11) is 0. The Bertz CT molecular complexity index is 758. The molecule has 1 aromatic heterocycles. The topological polar surface area (TPSA) is 49.6 Å². The average molecular weight is 356 g/mol. The van der Waals surface area contributed by atoms with Gasteiger partial charge in [0.05, 0.1) is 22.8 Å². The van der Waals surface area contributed by atoms with E-state index in [1.165, 1.54) is 0 Å². The third-order valence-corrected chi connectivity index (χ3v) is 4.27. The molecule has 0 bridgehead atoms. The lowest BCUT2D eigenvalue weighted by Crippen LogP contribution is -2.48. The van der Waals surface area contributed by atoms with Crippen molar-refractivity contribution in [3.8, 4) is 0 Å². The Labute approximate surface area is 142 Å². The number of piperazine rings is 1. The SMILES string of the molecule is Cc1cc(CN2CCN(C(=O)c3cc(F)c(F)cc3Cl)CC2)on1. The zero-order valence-electron chi connectivity index (χ0n) is 13.1. The molecule has 0 atom stereocenters. The lowest BCUT2D eigenvalue weighted by molar-refractivity contribution is 0.0617. The molecule has 2 aromatic rings. The first-order valence-electron chi connectivity index (χ1n) is 7.52. The summed E-state index contributed by atoms with van der Waals surface area (Å²) in [5, 5.41) is 3.76. The summed E-state index contributed by atoms with van der Waals surface area (Å²) >= 11 is 5.87. The van der Waals surface area contributed by atoms with Crippen LogP contribution in [0.2, 0.25) is 5.02 Å². The number of carbonyl (C=O) groups excluding carboxylic acids is 1. The average Bonchev–Trinajstić information content (AvgIpc) is 2.96. The second-order valence-corrected chi connectivity index (χ2v) is 6.16. The molecular formula is C16H16ClF2N3O2. The first kappa shape index (κ1) is 16.9. The van der Waals surface area contributed by atoms with Gasteiger partial charge in [-0.1, -0.05) is 16.8 Å². The van der Waals surface area contributed by atoms with Crippen LogP contribution in [-0.4, -0.2) is 47.0 Å². The van der Waals surface area contributed by atoms with Crippen LogP contribution >= 0.6 is 11.6 Å².